The quantitative estimate of drug-likeness (QED) is 0.726. The van der Waals surface area contributed by atoms with Gasteiger partial charge in [-0.3, -0.25) is 0 Å². The van der Waals surface area contributed by atoms with Crippen LogP contribution in [0.2, 0.25) is 5.02 Å². The van der Waals surface area contributed by atoms with Crippen molar-refractivity contribution in [2.45, 2.75) is 0 Å². The maximum atomic E-state index is 6.03. The number of benzene rings is 2. The molecule has 0 N–H and O–H groups in total. The number of ether oxygens (including phenoxy) is 2. The Morgan fingerprint density at radius 1 is 0.955 bits per heavy atom. The third-order valence-electron chi connectivity index (χ3n) is 3.17. The van der Waals surface area contributed by atoms with Gasteiger partial charge >= 0.3 is 0 Å². The summed E-state index contributed by atoms with van der Waals surface area (Å²) < 4.78 is 16.0. The molecule has 0 amide bonds. The fourth-order valence-corrected chi connectivity index (χ4v) is 2.29. The van der Waals surface area contributed by atoms with Gasteiger partial charge in [-0.05, 0) is 30.3 Å². The Balaban J connectivity index is 2.06. The zero-order chi connectivity index (χ0) is 15.5. The second-order valence-electron chi connectivity index (χ2n) is 4.47. The maximum absolute atomic E-state index is 6.03. The van der Waals surface area contributed by atoms with E-state index in [4.69, 9.17) is 25.6 Å². The molecule has 3 rings (SSSR count). The molecule has 0 fully saturated rings. The number of aromatic nitrogens is 2. The number of para-hydroxylation sites is 1. The van der Waals surface area contributed by atoms with E-state index in [2.05, 4.69) is 10.1 Å². The first kappa shape index (κ1) is 14.4. The predicted molar refractivity (Wildman–Crippen MR) is 83.3 cm³/mol. The lowest BCUT2D eigenvalue weighted by atomic mass is 10.2. The van der Waals surface area contributed by atoms with Gasteiger partial charge in [-0.15, -0.1) is 0 Å². The lowest BCUT2D eigenvalue weighted by molar-refractivity contribution is 0.404. The Kier molecular flexibility index (Phi) is 3.98. The van der Waals surface area contributed by atoms with Crippen LogP contribution in [0.1, 0.15) is 0 Å². The molecule has 2 aromatic carbocycles. The summed E-state index contributed by atoms with van der Waals surface area (Å²) in [5.41, 5.74) is 1.39. The Hall–Kier alpha value is -2.53. The van der Waals surface area contributed by atoms with Crippen molar-refractivity contribution in [3.05, 3.63) is 47.5 Å². The molecule has 0 aliphatic heterocycles. The number of halogens is 1. The van der Waals surface area contributed by atoms with Gasteiger partial charge in [-0.25, -0.2) is 0 Å². The highest BCUT2D eigenvalue weighted by atomic mass is 35.5. The molecule has 112 valence electrons. The molecule has 5 nitrogen and oxygen atoms in total. The van der Waals surface area contributed by atoms with Crippen LogP contribution in [0.25, 0.3) is 22.8 Å². The molecule has 1 heterocycles. The van der Waals surface area contributed by atoms with E-state index in [-0.39, 0.29) is 0 Å². The van der Waals surface area contributed by atoms with Crippen molar-refractivity contribution in [1.29, 1.82) is 0 Å². The highest BCUT2D eigenvalue weighted by molar-refractivity contribution is 6.30. The van der Waals surface area contributed by atoms with Gasteiger partial charge in [-0.1, -0.05) is 28.9 Å². The lowest BCUT2D eigenvalue weighted by Gasteiger charge is -2.05. The second-order valence-corrected chi connectivity index (χ2v) is 4.90. The van der Waals surface area contributed by atoms with Crippen LogP contribution >= 0.6 is 11.6 Å². The van der Waals surface area contributed by atoms with Crippen molar-refractivity contribution in [2.75, 3.05) is 14.2 Å². The van der Waals surface area contributed by atoms with Crippen molar-refractivity contribution in [3.63, 3.8) is 0 Å². The first-order valence-electron chi connectivity index (χ1n) is 6.54. The van der Waals surface area contributed by atoms with E-state index >= 15 is 0 Å². The molecule has 0 saturated carbocycles. The van der Waals surface area contributed by atoms with Gasteiger partial charge in [0, 0.05) is 5.02 Å². The molecule has 0 unspecified atom stereocenters. The smallest absolute Gasteiger partial charge is 0.262 e. The summed E-state index contributed by atoms with van der Waals surface area (Å²) in [6.45, 7) is 0. The molecule has 1 aromatic heterocycles. The second kappa shape index (κ2) is 6.07. The van der Waals surface area contributed by atoms with Gasteiger partial charge < -0.3 is 14.0 Å². The summed E-state index contributed by atoms with van der Waals surface area (Å²) in [5.74, 6) is 2.06. The highest BCUT2D eigenvalue weighted by Crippen LogP contribution is 2.34. The van der Waals surface area contributed by atoms with Gasteiger partial charge in [-0.2, -0.15) is 4.98 Å². The average Bonchev–Trinajstić information content (AvgIpc) is 3.04. The third kappa shape index (κ3) is 2.63. The molecule has 22 heavy (non-hydrogen) atoms. The van der Waals surface area contributed by atoms with Crippen molar-refractivity contribution in [1.82, 2.24) is 10.1 Å². The molecule has 0 aliphatic carbocycles. The van der Waals surface area contributed by atoms with E-state index in [1.54, 1.807) is 32.4 Å². The average molecular weight is 317 g/mol. The summed E-state index contributed by atoms with van der Waals surface area (Å²) in [6.07, 6.45) is 0. The zero-order valence-corrected chi connectivity index (χ0v) is 12.8. The molecule has 0 aliphatic rings. The number of rotatable bonds is 4. The molecule has 0 atom stereocenters. The normalized spacial score (nSPS) is 10.5. The van der Waals surface area contributed by atoms with Crippen LogP contribution < -0.4 is 9.47 Å². The molecule has 6 heteroatoms. The largest absolute Gasteiger partial charge is 0.496 e. The first-order valence-corrected chi connectivity index (χ1v) is 6.91. The van der Waals surface area contributed by atoms with Crippen molar-refractivity contribution in [3.8, 4) is 34.3 Å². The van der Waals surface area contributed by atoms with E-state index in [0.29, 0.717) is 33.8 Å². The lowest BCUT2D eigenvalue weighted by Crippen LogP contribution is -1.90. The SMILES string of the molecule is COc1ccc(Cl)cc1-c1noc(-c2ccccc2OC)n1. The van der Waals surface area contributed by atoms with Gasteiger partial charge in [0.05, 0.1) is 25.3 Å². The minimum absolute atomic E-state index is 0.370. The monoisotopic (exact) mass is 316 g/mol. The number of nitrogens with zero attached hydrogens (tertiary/aromatic N) is 2. The fourth-order valence-electron chi connectivity index (χ4n) is 2.12. The standard InChI is InChI=1S/C16H13ClN2O3/c1-20-13-6-4-3-5-11(13)16-18-15(19-22-16)12-9-10(17)7-8-14(12)21-2/h3-9H,1-2H3. The summed E-state index contributed by atoms with van der Waals surface area (Å²) in [4.78, 5) is 4.41. The first-order chi connectivity index (χ1) is 10.7. The minimum atomic E-state index is 0.370. The molecular weight excluding hydrogens is 304 g/mol. The van der Waals surface area contributed by atoms with Crippen LogP contribution in [0.4, 0.5) is 0 Å². The summed E-state index contributed by atoms with van der Waals surface area (Å²) in [7, 11) is 3.17. The Morgan fingerprint density at radius 2 is 1.68 bits per heavy atom. The van der Waals surface area contributed by atoms with Gasteiger partial charge in [0.15, 0.2) is 0 Å². The minimum Gasteiger partial charge on any atom is -0.496 e. The zero-order valence-electron chi connectivity index (χ0n) is 12.0. The fraction of sp³-hybridized carbons (Fsp3) is 0.125. The maximum Gasteiger partial charge on any atom is 0.262 e. The highest BCUT2D eigenvalue weighted by Gasteiger charge is 2.17. The van der Waals surface area contributed by atoms with Crippen LogP contribution in [0.3, 0.4) is 0 Å². The van der Waals surface area contributed by atoms with Crippen LogP contribution in [0, 0.1) is 0 Å². The Labute approximate surface area is 132 Å². The number of hydrogen-bond acceptors (Lipinski definition) is 5. The topological polar surface area (TPSA) is 57.4 Å². The van der Waals surface area contributed by atoms with Crippen LogP contribution in [-0.2, 0) is 0 Å². The van der Waals surface area contributed by atoms with Crippen LogP contribution in [-0.4, -0.2) is 24.4 Å². The van der Waals surface area contributed by atoms with Gasteiger partial charge in [0.1, 0.15) is 11.5 Å². The molecule has 3 aromatic rings. The van der Waals surface area contributed by atoms with Gasteiger partial charge in [0.25, 0.3) is 5.89 Å². The Morgan fingerprint density at radius 3 is 2.45 bits per heavy atom. The van der Waals surface area contributed by atoms with Crippen LogP contribution in [0.15, 0.2) is 47.0 Å². The summed E-state index contributed by atoms with van der Waals surface area (Å²) in [5, 5.41) is 4.58. The van der Waals surface area contributed by atoms with E-state index < -0.39 is 0 Å². The Bertz CT molecular complexity index is 802. The summed E-state index contributed by atoms with van der Waals surface area (Å²) >= 11 is 6.03. The van der Waals surface area contributed by atoms with Crippen molar-refractivity contribution >= 4 is 11.6 Å². The van der Waals surface area contributed by atoms with Crippen molar-refractivity contribution < 1.29 is 14.0 Å². The predicted octanol–water partition coefficient (Wildman–Crippen LogP) is 4.07. The van der Waals surface area contributed by atoms with E-state index in [1.165, 1.54) is 0 Å². The number of hydrogen-bond donors (Lipinski definition) is 0. The molecular formula is C16H13ClN2O3. The molecule has 0 radical (unpaired) electrons. The van der Waals surface area contributed by atoms with E-state index in [9.17, 15) is 0 Å². The molecule has 0 bridgehead atoms. The molecule has 0 spiro atoms. The van der Waals surface area contributed by atoms with Crippen LogP contribution in [0.5, 0.6) is 11.5 Å². The summed E-state index contributed by atoms with van der Waals surface area (Å²) in [6, 6.07) is 12.7. The van der Waals surface area contributed by atoms with Gasteiger partial charge in [0.2, 0.25) is 5.82 Å². The van der Waals surface area contributed by atoms with Crippen molar-refractivity contribution in [2.24, 2.45) is 0 Å². The number of methoxy groups -OCH3 is 2. The van der Waals surface area contributed by atoms with E-state index in [1.807, 2.05) is 24.3 Å². The van der Waals surface area contributed by atoms with E-state index in [0.717, 1.165) is 5.56 Å². The molecule has 0 saturated heterocycles. The third-order valence-corrected chi connectivity index (χ3v) is 3.40.